The van der Waals surface area contributed by atoms with E-state index in [1.54, 1.807) is 0 Å². The normalized spacial score (nSPS) is 24.3. The van der Waals surface area contributed by atoms with E-state index in [2.05, 4.69) is 0 Å². The van der Waals surface area contributed by atoms with Crippen molar-refractivity contribution >= 4 is 11.8 Å². The van der Waals surface area contributed by atoms with Crippen molar-refractivity contribution in [3.8, 4) is 0 Å². The number of amides is 2. The van der Waals surface area contributed by atoms with E-state index in [-0.39, 0.29) is 17.7 Å². The second kappa shape index (κ2) is 4.77. The zero-order valence-corrected chi connectivity index (χ0v) is 9.21. The fourth-order valence-electron chi connectivity index (χ4n) is 2.61. The molecule has 3 heteroatoms. The van der Waals surface area contributed by atoms with E-state index in [9.17, 15) is 9.59 Å². The van der Waals surface area contributed by atoms with Crippen LogP contribution in [0.5, 0.6) is 0 Å². The van der Waals surface area contributed by atoms with Gasteiger partial charge >= 0.3 is 0 Å². The second-order valence-electron chi connectivity index (χ2n) is 4.68. The summed E-state index contributed by atoms with van der Waals surface area (Å²) in [5.41, 5.74) is 0. The first kappa shape index (κ1) is 10.7. The minimum atomic E-state index is 0.0526. The van der Waals surface area contributed by atoms with Gasteiger partial charge in [0.2, 0.25) is 11.8 Å². The highest BCUT2D eigenvalue weighted by Crippen LogP contribution is 2.26. The predicted octanol–water partition coefficient (Wildman–Crippen LogP) is 2.11. The van der Waals surface area contributed by atoms with Gasteiger partial charge in [0.1, 0.15) is 0 Å². The predicted molar refractivity (Wildman–Crippen MR) is 57.1 cm³/mol. The van der Waals surface area contributed by atoms with Crippen molar-refractivity contribution in [3.05, 3.63) is 0 Å². The Morgan fingerprint density at radius 1 is 1.07 bits per heavy atom. The van der Waals surface area contributed by atoms with E-state index in [4.69, 9.17) is 0 Å². The first-order chi connectivity index (χ1) is 7.29. The first-order valence-electron chi connectivity index (χ1n) is 6.13. The van der Waals surface area contributed by atoms with Gasteiger partial charge in [0, 0.05) is 18.9 Å². The van der Waals surface area contributed by atoms with Crippen LogP contribution in [0.1, 0.15) is 51.4 Å². The third-order valence-electron chi connectivity index (χ3n) is 3.54. The summed E-state index contributed by atoms with van der Waals surface area (Å²) >= 11 is 0. The summed E-state index contributed by atoms with van der Waals surface area (Å²) < 4.78 is 0. The molecule has 0 aromatic heterocycles. The maximum absolute atomic E-state index is 12.1. The van der Waals surface area contributed by atoms with Gasteiger partial charge in [0.05, 0.1) is 0 Å². The fraction of sp³-hybridized carbons (Fsp3) is 0.833. The highest BCUT2D eigenvalue weighted by atomic mass is 16.2. The Morgan fingerprint density at radius 3 is 2.47 bits per heavy atom. The molecule has 0 atom stereocenters. The van der Waals surface area contributed by atoms with Gasteiger partial charge < -0.3 is 0 Å². The summed E-state index contributed by atoms with van der Waals surface area (Å²) in [6, 6.07) is 0. The molecule has 0 N–H and O–H groups in total. The minimum Gasteiger partial charge on any atom is -0.282 e. The molecule has 15 heavy (non-hydrogen) atoms. The Kier molecular flexibility index (Phi) is 3.39. The van der Waals surface area contributed by atoms with Crippen molar-refractivity contribution in [3.63, 3.8) is 0 Å². The van der Waals surface area contributed by atoms with Gasteiger partial charge in [-0.25, -0.2) is 0 Å². The van der Waals surface area contributed by atoms with Gasteiger partial charge in [-0.2, -0.15) is 0 Å². The van der Waals surface area contributed by atoms with E-state index >= 15 is 0 Å². The summed E-state index contributed by atoms with van der Waals surface area (Å²) in [5.74, 6) is 0.303. The second-order valence-corrected chi connectivity index (χ2v) is 4.68. The molecule has 84 valence electrons. The van der Waals surface area contributed by atoms with Crippen molar-refractivity contribution in [1.29, 1.82) is 0 Å². The van der Waals surface area contributed by atoms with Crippen LogP contribution in [-0.2, 0) is 9.59 Å². The maximum Gasteiger partial charge on any atom is 0.232 e. The highest BCUT2D eigenvalue weighted by Gasteiger charge is 2.30. The zero-order chi connectivity index (χ0) is 10.7. The quantitative estimate of drug-likeness (QED) is 0.620. The number of rotatable bonds is 1. The lowest BCUT2D eigenvalue weighted by atomic mass is 9.88. The Labute approximate surface area is 90.8 Å². The molecule has 1 saturated heterocycles. The highest BCUT2D eigenvalue weighted by molar-refractivity contribution is 5.96. The van der Waals surface area contributed by atoms with Crippen molar-refractivity contribution < 1.29 is 9.59 Å². The smallest absolute Gasteiger partial charge is 0.232 e. The molecule has 2 amide bonds. The molecule has 0 aromatic carbocycles. The zero-order valence-electron chi connectivity index (χ0n) is 9.21. The lowest BCUT2D eigenvalue weighted by Crippen LogP contribution is -2.43. The number of imide groups is 1. The molecular weight excluding hydrogens is 190 g/mol. The van der Waals surface area contributed by atoms with E-state index in [0.717, 1.165) is 38.5 Å². The van der Waals surface area contributed by atoms with Crippen LogP contribution in [0.15, 0.2) is 0 Å². The summed E-state index contributed by atoms with van der Waals surface area (Å²) in [6.07, 6.45) is 8.04. The van der Waals surface area contributed by atoms with E-state index in [1.807, 2.05) is 0 Å². The van der Waals surface area contributed by atoms with Crippen LogP contribution in [0.2, 0.25) is 0 Å². The number of carbonyl (C=O) groups excluding carboxylic acids is 2. The van der Waals surface area contributed by atoms with Crippen LogP contribution in [0.25, 0.3) is 0 Å². The van der Waals surface area contributed by atoms with E-state index in [1.165, 1.54) is 11.3 Å². The fourth-order valence-corrected chi connectivity index (χ4v) is 2.61. The molecule has 1 heterocycles. The standard InChI is InChI=1S/C12H19NO2/c14-11-8-4-5-9-13(11)12(15)10-6-2-1-3-7-10/h10H,1-9H2. The minimum absolute atomic E-state index is 0.0526. The lowest BCUT2D eigenvalue weighted by Gasteiger charge is -2.30. The van der Waals surface area contributed by atoms with Crippen molar-refractivity contribution in [2.24, 2.45) is 5.92 Å². The van der Waals surface area contributed by atoms with Gasteiger partial charge in [0.15, 0.2) is 0 Å². The number of nitrogens with zero attached hydrogens (tertiary/aromatic N) is 1. The molecule has 3 nitrogen and oxygen atoms in total. The SMILES string of the molecule is O=C1CCCCN1C(=O)C1CCCCC1. The topological polar surface area (TPSA) is 37.4 Å². The number of piperidine rings is 1. The molecule has 1 aliphatic heterocycles. The Bertz CT molecular complexity index is 256. The van der Waals surface area contributed by atoms with Crippen LogP contribution in [0.3, 0.4) is 0 Å². The van der Waals surface area contributed by atoms with Crippen molar-refractivity contribution in [2.45, 2.75) is 51.4 Å². The molecule has 2 rings (SSSR count). The maximum atomic E-state index is 12.1. The molecular formula is C12H19NO2. The molecule has 1 saturated carbocycles. The van der Waals surface area contributed by atoms with E-state index in [0.29, 0.717) is 13.0 Å². The van der Waals surface area contributed by atoms with Crippen LogP contribution < -0.4 is 0 Å². The van der Waals surface area contributed by atoms with Crippen LogP contribution >= 0.6 is 0 Å². The molecule has 0 radical (unpaired) electrons. The average molecular weight is 209 g/mol. The molecule has 0 unspecified atom stereocenters. The summed E-state index contributed by atoms with van der Waals surface area (Å²) in [6.45, 7) is 0.661. The summed E-state index contributed by atoms with van der Waals surface area (Å²) in [5, 5.41) is 0. The third kappa shape index (κ3) is 2.39. The first-order valence-corrected chi connectivity index (χ1v) is 6.13. The molecule has 2 fully saturated rings. The molecule has 0 bridgehead atoms. The van der Waals surface area contributed by atoms with Crippen LogP contribution in [0, 0.1) is 5.92 Å². The van der Waals surface area contributed by atoms with Gasteiger partial charge in [0.25, 0.3) is 0 Å². The van der Waals surface area contributed by atoms with Crippen molar-refractivity contribution in [2.75, 3.05) is 6.54 Å². The summed E-state index contributed by atoms with van der Waals surface area (Å²) in [7, 11) is 0. The molecule has 2 aliphatic rings. The van der Waals surface area contributed by atoms with Gasteiger partial charge in [-0.15, -0.1) is 0 Å². The number of likely N-dealkylation sites (tertiary alicyclic amines) is 1. The molecule has 1 aliphatic carbocycles. The largest absolute Gasteiger partial charge is 0.282 e. The number of hydrogen-bond donors (Lipinski definition) is 0. The number of carbonyl (C=O) groups is 2. The monoisotopic (exact) mass is 209 g/mol. The Balaban J connectivity index is 1.95. The van der Waals surface area contributed by atoms with Gasteiger partial charge in [-0.05, 0) is 25.7 Å². The third-order valence-corrected chi connectivity index (χ3v) is 3.54. The Morgan fingerprint density at radius 2 is 1.80 bits per heavy atom. The van der Waals surface area contributed by atoms with Gasteiger partial charge in [-0.3, -0.25) is 14.5 Å². The summed E-state index contributed by atoms with van der Waals surface area (Å²) in [4.78, 5) is 25.2. The van der Waals surface area contributed by atoms with Crippen molar-refractivity contribution in [1.82, 2.24) is 4.90 Å². The molecule has 0 spiro atoms. The van der Waals surface area contributed by atoms with Crippen LogP contribution in [-0.4, -0.2) is 23.3 Å². The average Bonchev–Trinajstić information content (AvgIpc) is 2.30. The molecule has 0 aromatic rings. The van der Waals surface area contributed by atoms with Crippen LogP contribution in [0.4, 0.5) is 0 Å². The Hall–Kier alpha value is -0.860. The van der Waals surface area contributed by atoms with E-state index < -0.39 is 0 Å². The lowest BCUT2D eigenvalue weighted by molar-refractivity contribution is -0.149. The van der Waals surface area contributed by atoms with Gasteiger partial charge in [-0.1, -0.05) is 19.3 Å². The number of hydrogen-bond acceptors (Lipinski definition) is 2.